The van der Waals surface area contributed by atoms with E-state index < -0.39 is 6.04 Å². The minimum absolute atomic E-state index is 0.145. The standard InChI is InChI=1S/C17H19N3O3/c1-12-6-7-13(10-18-12)17(22)20-8-2-5-15(20)16(21)19-11-14-4-3-9-23-14/h3-4,6-7,9-10,15H,2,5,8,11H2,1H3,(H,19,21)/t15-/m0/s1. The topological polar surface area (TPSA) is 75.4 Å². The van der Waals surface area contributed by atoms with Crippen LogP contribution in [0.2, 0.25) is 0 Å². The molecule has 3 heterocycles. The first-order chi connectivity index (χ1) is 11.1. The predicted molar refractivity (Wildman–Crippen MR) is 83.6 cm³/mol. The number of aryl methyl sites for hydroxylation is 1. The van der Waals surface area contributed by atoms with E-state index in [0.717, 1.165) is 12.1 Å². The minimum Gasteiger partial charge on any atom is -0.467 e. The van der Waals surface area contributed by atoms with Crippen molar-refractivity contribution in [2.75, 3.05) is 6.54 Å². The molecule has 0 saturated carbocycles. The number of carbonyl (C=O) groups excluding carboxylic acids is 2. The van der Waals surface area contributed by atoms with E-state index in [9.17, 15) is 9.59 Å². The van der Waals surface area contributed by atoms with Gasteiger partial charge in [0.15, 0.2) is 0 Å². The van der Waals surface area contributed by atoms with E-state index in [-0.39, 0.29) is 11.8 Å². The Hall–Kier alpha value is -2.63. The van der Waals surface area contributed by atoms with Gasteiger partial charge in [-0.1, -0.05) is 0 Å². The molecule has 1 N–H and O–H groups in total. The maximum absolute atomic E-state index is 12.6. The Morgan fingerprint density at radius 2 is 2.26 bits per heavy atom. The van der Waals surface area contributed by atoms with Crippen LogP contribution in [0, 0.1) is 6.92 Å². The zero-order chi connectivity index (χ0) is 16.2. The monoisotopic (exact) mass is 313 g/mol. The molecule has 120 valence electrons. The van der Waals surface area contributed by atoms with E-state index >= 15 is 0 Å². The molecule has 6 nitrogen and oxygen atoms in total. The van der Waals surface area contributed by atoms with Gasteiger partial charge in [0.1, 0.15) is 11.8 Å². The fourth-order valence-electron chi connectivity index (χ4n) is 2.75. The molecule has 1 atom stereocenters. The van der Waals surface area contributed by atoms with Gasteiger partial charge in [0.2, 0.25) is 5.91 Å². The lowest BCUT2D eigenvalue weighted by Crippen LogP contribution is -2.45. The summed E-state index contributed by atoms with van der Waals surface area (Å²) in [5.74, 6) is 0.400. The zero-order valence-corrected chi connectivity index (χ0v) is 13.0. The van der Waals surface area contributed by atoms with Gasteiger partial charge in [-0.3, -0.25) is 14.6 Å². The van der Waals surface area contributed by atoms with Crippen LogP contribution in [0.4, 0.5) is 0 Å². The third-order valence-electron chi connectivity index (χ3n) is 3.99. The maximum Gasteiger partial charge on any atom is 0.256 e. The molecule has 2 amide bonds. The molecule has 23 heavy (non-hydrogen) atoms. The average molecular weight is 313 g/mol. The summed E-state index contributed by atoms with van der Waals surface area (Å²) in [7, 11) is 0. The summed E-state index contributed by atoms with van der Waals surface area (Å²) < 4.78 is 5.20. The Balaban J connectivity index is 1.65. The van der Waals surface area contributed by atoms with E-state index in [1.807, 2.05) is 6.92 Å². The lowest BCUT2D eigenvalue weighted by molar-refractivity contribution is -0.125. The molecule has 3 rings (SSSR count). The molecule has 6 heteroatoms. The second kappa shape index (κ2) is 6.64. The van der Waals surface area contributed by atoms with E-state index in [1.54, 1.807) is 41.6 Å². The molecule has 1 fully saturated rings. The summed E-state index contributed by atoms with van der Waals surface area (Å²) in [6, 6.07) is 6.70. The van der Waals surface area contributed by atoms with Gasteiger partial charge in [-0.25, -0.2) is 0 Å². The highest BCUT2D eigenvalue weighted by atomic mass is 16.3. The van der Waals surface area contributed by atoms with Gasteiger partial charge in [0.05, 0.1) is 18.4 Å². The highest BCUT2D eigenvalue weighted by Crippen LogP contribution is 2.20. The summed E-state index contributed by atoms with van der Waals surface area (Å²) in [6.07, 6.45) is 4.63. The average Bonchev–Trinajstić information content (AvgIpc) is 3.24. The number of furan rings is 1. The first-order valence-electron chi connectivity index (χ1n) is 7.69. The molecule has 0 radical (unpaired) electrons. The Bertz CT molecular complexity index is 680. The Kier molecular flexibility index (Phi) is 4.41. The molecule has 0 aliphatic carbocycles. The van der Waals surface area contributed by atoms with Gasteiger partial charge in [0.25, 0.3) is 5.91 Å². The maximum atomic E-state index is 12.6. The van der Waals surface area contributed by atoms with Gasteiger partial charge in [-0.05, 0) is 44.0 Å². The third kappa shape index (κ3) is 3.41. The fraction of sp³-hybridized carbons (Fsp3) is 0.353. The number of carbonyl (C=O) groups is 2. The smallest absolute Gasteiger partial charge is 0.256 e. The largest absolute Gasteiger partial charge is 0.467 e. The number of aromatic nitrogens is 1. The molecule has 0 spiro atoms. The van der Waals surface area contributed by atoms with Crippen molar-refractivity contribution < 1.29 is 14.0 Å². The molecule has 0 bridgehead atoms. The van der Waals surface area contributed by atoms with Gasteiger partial charge >= 0.3 is 0 Å². The number of nitrogens with one attached hydrogen (secondary N) is 1. The van der Waals surface area contributed by atoms with Crippen LogP contribution in [0.25, 0.3) is 0 Å². The van der Waals surface area contributed by atoms with Crippen LogP contribution in [-0.2, 0) is 11.3 Å². The Morgan fingerprint density at radius 3 is 2.96 bits per heavy atom. The van der Waals surface area contributed by atoms with Crippen LogP contribution in [0.5, 0.6) is 0 Å². The third-order valence-corrected chi connectivity index (χ3v) is 3.99. The summed E-state index contributed by atoms with van der Waals surface area (Å²) in [6.45, 7) is 2.79. The summed E-state index contributed by atoms with van der Waals surface area (Å²) in [5.41, 5.74) is 1.37. The first-order valence-corrected chi connectivity index (χ1v) is 7.69. The van der Waals surface area contributed by atoms with Crippen molar-refractivity contribution >= 4 is 11.8 Å². The number of likely N-dealkylation sites (tertiary alicyclic amines) is 1. The van der Waals surface area contributed by atoms with E-state index in [0.29, 0.717) is 30.8 Å². The molecular weight excluding hydrogens is 294 g/mol. The molecule has 1 saturated heterocycles. The van der Waals surface area contributed by atoms with Crippen LogP contribution in [0.3, 0.4) is 0 Å². The number of rotatable bonds is 4. The van der Waals surface area contributed by atoms with Crippen LogP contribution in [0.1, 0.15) is 34.7 Å². The van der Waals surface area contributed by atoms with E-state index in [2.05, 4.69) is 10.3 Å². The minimum atomic E-state index is -0.432. The zero-order valence-electron chi connectivity index (χ0n) is 13.0. The van der Waals surface area contributed by atoms with Crippen LogP contribution >= 0.6 is 0 Å². The molecule has 2 aromatic heterocycles. The van der Waals surface area contributed by atoms with Crippen LogP contribution < -0.4 is 5.32 Å². The molecule has 0 unspecified atom stereocenters. The number of amides is 2. The van der Waals surface area contributed by atoms with Crippen molar-refractivity contribution in [2.24, 2.45) is 0 Å². The van der Waals surface area contributed by atoms with Gasteiger partial charge in [-0.15, -0.1) is 0 Å². The normalized spacial score (nSPS) is 17.3. The van der Waals surface area contributed by atoms with Crippen molar-refractivity contribution in [3.8, 4) is 0 Å². The van der Waals surface area contributed by atoms with E-state index in [1.165, 1.54) is 0 Å². The number of hydrogen-bond donors (Lipinski definition) is 1. The number of hydrogen-bond acceptors (Lipinski definition) is 4. The van der Waals surface area contributed by atoms with Crippen molar-refractivity contribution in [3.63, 3.8) is 0 Å². The molecule has 0 aromatic carbocycles. The second-order valence-electron chi connectivity index (χ2n) is 5.64. The quantitative estimate of drug-likeness (QED) is 0.935. The number of nitrogens with zero attached hydrogens (tertiary/aromatic N) is 2. The molecule has 1 aliphatic heterocycles. The van der Waals surface area contributed by atoms with Crippen molar-refractivity contribution in [1.29, 1.82) is 0 Å². The predicted octanol–water partition coefficient (Wildman–Crippen LogP) is 1.90. The summed E-state index contributed by atoms with van der Waals surface area (Å²) in [5, 5.41) is 2.83. The van der Waals surface area contributed by atoms with Crippen molar-refractivity contribution in [1.82, 2.24) is 15.2 Å². The summed E-state index contributed by atoms with van der Waals surface area (Å²) in [4.78, 5) is 30.8. The van der Waals surface area contributed by atoms with Crippen molar-refractivity contribution in [3.05, 3.63) is 53.7 Å². The molecular formula is C17H19N3O3. The van der Waals surface area contributed by atoms with E-state index in [4.69, 9.17) is 4.42 Å². The lowest BCUT2D eigenvalue weighted by atomic mass is 10.1. The number of pyridine rings is 1. The molecule has 2 aromatic rings. The van der Waals surface area contributed by atoms with Gasteiger partial charge in [-0.2, -0.15) is 0 Å². The SMILES string of the molecule is Cc1ccc(C(=O)N2CCC[C@H]2C(=O)NCc2ccco2)cn1. The first kappa shape index (κ1) is 15.3. The Labute approximate surface area is 134 Å². The van der Waals surface area contributed by atoms with Gasteiger partial charge < -0.3 is 14.6 Å². The Morgan fingerprint density at radius 1 is 1.39 bits per heavy atom. The fourth-order valence-corrected chi connectivity index (χ4v) is 2.75. The highest BCUT2D eigenvalue weighted by Gasteiger charge is 2.34. The summed E-state index contributed by atoms with van der Waals surface area (Å²) >= 11 is 0. The lowest BCUT2D eigenvalue weighted by Gasteiger charge is -2.23. The highest BCUT2D eigenvalue weighted by molar-refractivity contribution is 5.97. The van der Waals surface area contributed by atoms with Crippen LogP contribution in [0.15, 0.2) is 41.1 Å². The van der Waals surface area contributed by atoms with Crippen molar-refractivity contribution in [2.45, 2.75) is 32.4 Å². The van der Waals surface area contributed by atoms with Crippen LogP contribution in [-0.4, -0.2) is 34.3 Å². The second-order valence-corrected chi connectivity index (χ2v) is 5.64. The van der Waals surface area contributed by atoms with Gasteiger partial charge in [0, 0.05) is 18.4 Å². The molecule has 1 aliphatic rings.